The van der Waals surface area contributed by atoms with Crippen LogP contribution in [-0.4, -0.2) is 22.2 Å². The van der Waals surface area contributed by atoms with Gasteiger partial charge >= 0.3 is 5.97 Å². The lowest BCUT2D eigenvalue weighted by Crippen LogP contribution is -2.25. The fraction of sp³-hybridized carbons (Fsp3) is 0.222. The van der Waals surface area contributed by atoms with Gasteiger partial charge in [-0.05, 0) is 11.1 Å². The zero-order valence-electron chi connectivity index (χ0n) is 7.69. The van der Waals surface area contributed by atoms with E-state index in [0.717, 1.165) is 0 Å². The molecule has 1 rings (SSSR count). The molecule has 0 spiro atoms. The second kappa shape index (κ2) is 4.99. The minimum atomic E-state index is -1.50. The minimum Gasteiger partial charge on any atom is -0.481 e. The zero-order chi connectivity index (χ0) is 11.3. The number of aliphatic carboxylic acids is 1. The largest absolute Gasteiger partial charge is 0.481 e. The maximum atomic E-state index is 10.7. The van der Waals surface area contributed by atoms with Gasteiger partial charge in [-0.15, -0.1) is 0 Å². The van der Waals surface area contributed by atoms with Gasteiger partial charge in [-0.3, -0.25) is 4.79 Å². The van der Waals surface area contributed by atoms with Crippen LogP contribution in [0.15, 0.2) is 35.4 Å². The van der Waals surface area contributed by atoms with Crippen molar-refractivity contribution in [2.75, 3.05) is 0 Å². The molecule has 0 aliphatic heterocycles. The molecule has 0 radical (unpaired) electrons. The van der Waals surface area contributed by atoms with E-state index in [9.17, 15) is 9.90 Å². The first-order chi connectivity index (χ1) is 7.16. The first kappa shape index (κ1) is 11.0. The Hall–Kier alpha value is -2.04. The van der Waals surface area contributed by atoms with E-state index in [0.29, 0.717) is 5.56 Å². The molecular formula is C9H9N3O3. The van der Waals surface area contributed by atoms with Crippen LogP contribution in [0.4, 0.5) is 0 Å². The van der Waals surface area contributed by atoms with Gasteiger partial charge in [0, 0.05) is 4.91 Å². The summed E-state index contributed by atoms with van der Waals surface area (Å²) >= 11 is 0. The van der Waals surface area contributed by atoms with Crippen LogP contribution in [0, 0.1) is 0 Å². The van der Waals surface area contributed by atoms with Crippen LogP contribution >= 0.6 is 0 Å². The summed E-state index contributed by atoms with van der Waals surface area (Å²) in [6, 6.07) is 6.68. The molecule has 6 heteroatoms. The third-order valence-electron chi connectivity index (χ3n) is 1.87. The molecule has 78 valence electrons. The molecule has 0 aliphatic rings. The Balaban J connectivity index is 2.95. The number of aliphatic hydroxyl groups excluding tert-OH is 1. The van der Waals surface area contributed by atoms with E-state index >= 15 is 0 Å². The molecule has 1 aromatic rings. The van der Waals surface area contributed by atoms with Crippen LogP contribution in [0.5, 0.6) is 0 Å². The van der Waals surface area contributed by atoms with Gasteiger partial charge < -0.3 is 10.2 Å². The van der Waals surface area contributed by atoms with Gasteiger partial charge in [0.2, 0.25) is 0 Å². The average molecular weight is 207 g/mol. The lowest BCUT2D eigenvalue weighted by atomic mass is 10.0. The normalized spacial score (nSPS) is 13.7. The van der Waals surface area contributed by atoms with Crippen LogP contribution in [-0.2, 0) is 4.79 Å². The highest BCUT2D eigenvalue weighted by molar-refractivity contribution is 5.74. The molecule has 0 bridgehead atoms. The van der Waals surface area contributed by atoms with Crippen molar-refractivity contribution in [2.24, 2.45) is 5.11 Å². The van der Waals surface area contributed by atoms with Crippen molar-refractivity contribution in [2.45, 2.75) is 12.1 Å². The summed E-state index contributed by atoms with van der Waals surface area (Å²) in [7, 11) is 0. The van der Waals surface area contributed by atoms with Gasteiger partial charge in [0.05, 0.1) is 6.10 Å². The number of nitrogens with zero attached hydrogens (tertiary/aromatic N) is 3. The molecule has 0 amide bonds. The van der Waals surface area contributed by atoms with Gasteiger partial charge in [-0.2, -0.15) is 0 Å². The molecule has 0 heterocycles. The maximum Gasteiger partial charge on any atom is 0.315 e. The van der Waals surface area contributed by atoms with Gasteiger partial charge in [-0.1, -0.05) is 35.4 Å². The van der Waals surface area contributed by atoms with Crippen LogP contribution in [0.2, 0.25) is 0 Å². The Labute approximate surface area is 85.4 Å². The van der Waals surface area contributed by atoms with Crippen molar-refractivity contribution in [1.29, 1.82) is 0 Å². The van der Waals surface area contributed by atoms with Gasteiger partial charge in [0.15, 0.2) is 6.04 Å². The number of carbonyl (C=O) groups is 1. The van der Waals surface area contributed by atoms with Crippen LogP contribution < -0.4 is 0 Å². The van der Waals surface area contributed by atoms with E-state index in [1.54, 1.807) is 30.3 Å². The van der Waals surface area contributed by atoms with Crippen LogP contribution in [0.25, 0.3) is 10.4 Å². The van der Waals surface area contributed by atoms with E-state index in [4.69, 9.17) is 10.6 Å². The lowest BCUT2D eigenvalue weighted by Gasteiger charge is -2.14. The van der Waals surface area contributed by atoms with Crippen LogP contribution in [0.1, 0.15) is 11.7 Å². The Morgan fingerprint density at radius 2 is 2.00 bits per heavy atom. The number of carboxylic acid groups (broad SMARTS) is 1. The Morgan fingerprint density at radius 3 is 2.47 bits per heavy atom. The third kappa shape index (κ3) is 2.70. The zero-order valence-corrected chi connectivity index (χ0v) is 7.69. The van der Waals surface area contributed by atoms with Gasteiger partial charge in [0.1, 0.15) is 0 Å². The molecular weight excluding hydrogens is 198 g/mol. The molecule has 0 saturated heterocycles. The molecule has 1 aromatic carbocycles. The summed E-state index contributed by atoms with van der Waals surface area (Å²) in [6.07, 6.45) is -1.33. The predicted octanol–water partition coefficient (Wildman–Crippen LogP) is 1.48. The summed E-state index contributed by atoms with van der Waals surface area (Å²) in [5, 5.41) is 21.4. The monoisotopic (exact) mass is 207 g/mol. The maximum absolute atomic E-state index is 10.7. The molecule has 0 unspecified atom stereocenters. The fourth-order valence-corrected chi connectivity index (χ4v) is 1.14. The van der Waals surface area contributed by atoms with E-state index in [-0.39, 0.29) is 0 Å². The van der Waals surface area contributed by atoms with Gasteiger partial charge in [-0.25, -0.2) is 0 Å². The van der Waals surface area contributed by atoms with Crippen molar-refractivity contribution in [3.05, 3.63) is 46.3 Å². The Morgan fingerprint density at radius 1 is 1.40 bits per heavy atom. The molecule has 2 atom stereocenters. The number of rotatable bonds is 4. The van der Waals surface area contributed by atoms with Crippen molar-refractivity contribution in [3.63, 3.8) is 0 Å². The van der Waals surface area contributed by atoms with Gasteiger partial charge in [0.25, 0.3) is 0 Å². The first-order valence-corrected chi connectivity index (χ1v) is 4.17. The molecule has 0 aromatic heterocycles. The molecule has 6 nitrogen and oxygen atoms in total. The minimum absolute atomic E-state index is 0.400. The molecule has 0 saturated carbocycles. The second-order valence-electron chi connectivity index (χ2n) is 2.84. The third-order valence-corrected chi connectivity index (χ3v) is 1.87. The number of hydrogen-bond donors (Lipinski definition) is 2. The standard InChI is InChI=1S/C9H9N3O3/c10-12-11-7(9(14)15)8(13)6-4-2-1-3-5-6/h1-5,7-8,13H,(H,14,15)/t7-,8-/m1/s1. The SMILES string of the molecule is [N-]=[N+]=N[C@@H](C(=O)O)[C@H](O)c1ccccc1. The number of carboxylic acids is 1. The van der Waals surface area contributed by atoms with E-state index < -0.39 is 18.1 Å². The number of aliphatic hydroxyl groups is 1. The summed E-state index contributed by atoms with van der Waals surface area (Å²) in [5.41, 5.74) is 8.57. The molecule has 2 N–H and O–H groups in total. The van der Waals surface area contributed by atoms with E-state index in [2.05, 4.69) is 10.0 Å². The van der Waals surface area contributed by atoms with Crippen LogP contribution in [0.3, 0.4) is 0 Å². The highest BCUT2D eigenvalue weighted by Gasteiger charge is 2.26. The summed E-state index contributed by atoms with van der Waals surface area (Å²) in [5.74, 6) is -1.36. The number of hydrogen-bond acceptors (Lipinski definition) is 3. The highest BCUT2D eigenvalue weighted by atomic mass is 16.4. The number of azide groups is 1. The smallest absolute Gasteiger partial charge is 0.315 e. The first-order valence-electron chi connectivity index (χ1n) is 4.17. The Kier molecular flexibility index (Phi) is 3.68. The lowest BCUT2D eigenvalue weighted by molar-refractivity contribution is -0.141. The average Bonchev–Trinajstić information content (AvgIpc) is 2.26. The van der Waals surface area contributed by atoms with Crippen molar-refractivity contribution in [3.8, 4) is 0 Å². The molecule has 0 aliphatic carbocycles. The number of benzene rings is 1. The van der Waals surface area contributed by atoms with Crippen molar-refractivity contribution < 1.29 is 15.0 Å². The van der Waals surface area contributed by atoms with E-state index in [1.165, 1.54) is 0 Å². The summed E-state index contributed by atoms with van der Waals surface area (Å²) in [6.45, 7) is 0. The summed E-state index contributed by atoms with van der Waals surface area (Å²) in [4.78, 5) is 13.1. The topological polar surface area (TPSA) is 106 Å². The predicted molar refractivity (Wildman–Crippen MR) is 52.0 cm³/mol. The van der Waals surface area contributed by atoms with E-state index in [1.807, 2.05) is 0 Å². The molecule has 15 heavy (non-hydrogen) atoms. The Bertz CT molecular complexity index is 385. The summed E-state index contributed by atoms with van der Waals surface area (Å²) < 4.78 is 0. The second-order valence-corrected chi connectivity index (χ2v) is 2.84. The van der Waals surface area contributed by atoms with Crippen molar-refractivity contribution in [1.82, 2.24) is 0 Å². The van der Waals surface area contributed by atoms with Crippen molar-refractivity contribution >= 4 is 5.97 Å². The molecule has 0 fully saturated rings. The highest BCUT2D eigenvalue weighted by Crippen LogP contribution is 2.19. The quantitative estimate of drug-likeness (QED) is 0.443. The fourth-order valence-electron chi connectivity index (χ4n) is 1.14.